The highest BCUT2D eigenvalue weighted by Crippen LogP contribution is 2.36. The van der Waals surface area contributed by atoms with Crippen LogP contribution in [0.1, 0.15) is 42.1 Å². The van der Waals surface area contributed by atoms with E-state index in [1.54, 1.807) is 18.2 Å². The van der Waals surface area contributed by atoms with Crippen LogP contribution in [0.15, 0.2) is 77.7 Å². The summed E-state index contributed by atoms with van der Waals surface area (Å²) < 4.78 is 28.5. The van der Waals surface area contributed by atoms with Gasteiger partial charge in [0.2, 0.25) is 0 Å². The van der Waals surface area contributed by atoms with Crippen LogP contribution in [-0.4, -0.2) is 33.5 Å². The zero-order valence-electron chi connectivity index (χ0n) is 19.3. The summed E-state index contributed by atoms with van der Waals surface area (Å²) in [5, 5.41) is 2.90. The van der Waals surface area contributed by atoms with Crippen molar-refractivity contribution in [1.29, 1.82) is 0 Å². The van der Waals surface area contributed by atoms with Gasteiger partial charge >= 0.3 is 0 Å². The lowest BCUT2D eigenvalue weighted by atomic mass is 10.1. The number of fused-ring (bicyclic) bond motifs is 1. The molecule has 1 atom stereocenters. The smallest absolute Gasteiger partial charge is 0.264 e. The van der Waals surface area contributed by atoms with E-state index in [2.05, 4.69) is 10.2 Å². The van der Waals surface area contributed by atoms with E-state index in [0.717, 1.165) is 24.3 Å². The Morgan fingerprint density at radius 3 is 2.41 bits per heavy atom. The van der Waals surface area contributed by atoms with Gasteiger partial charge in [0.15, 0.2) is 0 Å². The molecule has 0 unspecified atom stereocenters. The molecule has 3 aromatic rings. The first kappa shape index (κ1) is 22.5. The summed E-state index contributed by atoms with van der Waals surface area (Å²) in [5.41, 5.74) is 3.87. The number of sulfonamides is 1. The highest BCUT2D eigenvalue weighted by Gasteiger charge is 2.36. The Kier molecular flexibility index (Phi) is 6.04. The Morgan fingerprint density at radius 1 is 0.912 bits per heavy atom. The number of nitrogens with zero attached hydrogens (tertiary/aromatic N) is 2. The number of anilines is 3. The Labute approximate surface area is 201 Å². The molecule has 176 valence electrons. The van der Waals surface area contributed by atoms with Gasteiger partial charge in [-0.05, 0) is 86.7 Å². The molecule has 0 radical (unpaired) electrons. The van der Waals surface area contributed by atoms with E-state index in [9.17, 15) is 13.2 Å². The third kappa shape index (κ3) is 4.28. The summed E-state index contributed by atoms with van der Waals surface area (Å²) in [6.45, 7) is 4.03. The maximum absolute atomic E-state index is 13.5. The Balaban J connectivity index is 1.34. The van der Waals surface area contributed by atoms with Gasteiger partial charge in [-0.3, -0.25) is 9.10 Å². The Hall–Kier alpha value is -3.32. The minimum atomic E-state index is -3.80. The van der Waals surface area contributed by atoms with Crippen molar-refractivity contribution in [2.75, 3.05) is 27.6 Å². The number of hydrogen-bond donors (Lipinski definition) is 1. The maximum atomic E-state index is 13.5. The summed E-state index contributed by atoms with van der Waals surface area (Å²) in [6.07, 6.45) is 4.37. The molecule has 1 amide bonds. The second kappa shape index (κ2) is 9.14. The molecule has 6 nitrogen and oxygen atoms in total. The van der Waals surface area contributed by atoms with Gasteiger partial charge in [0.05, 0.1) is 10.6 Å². The third-order valence-electron chi connectivity index (χ3n) is 6.64. The summed E-state index contributed by atoms with van der Waals surface area (Å²) in [4.78, 5) is 15.4. The second-order valence-corrected chi connectivity index (χ2v) is 10.9. The predicted octanol–water partition coefficient (Wildman–Crippen LogP) is 5.07. The average molecular weight is 476 g/mol. The molecule has 1 fully saturated rings. The average Bonchev–Trinajstić information content (AvgIpc) is 3.21. The number of hydrogen-bond acceptors (Lipinski definition) is 4. The van der Waals surface area contributed by atoms with Gasteiger partial charge in [-0.25, -0.2) is 8.42 Å². The van der Waals surface area contributed by atoms with Crippen LogP contribution in [0.5, 0.6) is 0 Å². The molecule has 0 spiro atoms. The molecule has 0 saturated carbocycles. The molecule has 0 aliphatic carbocycles. The number of para-hydroxylation sites is 1. The highest BCUT2D eigenvalue weighted by molar-refractivity contribution is 7.92. The van der Waals surface area contributed by atoms with Gasteiger partial charge in [-0.1, -0.05) is 24.3 Å². The number of benzene rings is 3. The summed E-state index contributed by atoms with van der Waals surface area (Å²) >= 11 is 0. The van der Waals surface area contributed by atoms with Crippen molar-refractivity contribution in [3.8, 4) is 0 Å². The number of carbonyl (C=O) groups excluding carboxylic acids is 1. The third-order valence-corrected chi connectivity index (χ3v) is 8.57. The first-order valence-corrected chi connectivity index (χ1v) is 13.3. The Morgan fingerprint density at radius 2 is 1.65 bits per heavy atom. The van der Waals surface area contributed by atoms with Gasteiger partial charge < -0.3 is 10.2 Å². The number of carbonyl (C=O) groups is 1. The van der Waals surface area contributed by atoms with Crippen LogP contribution in [0.25, 0.3) is 0 Å². The molecule has 1 N–H and O–H groups in total. The van der Waals surface area contributed by atoms with Gasteiger partial charge in [0.1, 0.15) is 0 Å². The predicted molar refractivity (Wildman–Crippen MR) is 136 cm³/mol. The van der Waals surface area contributed by atoms with Crippen molar-refractivity contribution < 1.29 is 13.2 Å². The van der Waals surface area contributed by atoms with E-state index in [-0.39, 0.29) is 16.8 Å². The van der Waals surface area contributed by atoms with Crippen LogP contribution in [0.2, 0.25) is 0 Å². The molecular weight excluding hydrogens is 446 g/mol. The first-order chi connectivity index (χ1) is 16.4. The summed E-state index contributed by atoms with van der Waals surface area (Å²) in [6, 6.07) is 21.5. The monoisotopic (exact) mass is 475 g/mol. The van der Waals surface area contributed by atoms with Crippen molar-refractivity contribution in [3.05, 3.63) is 83.9 Å². The highest BCUT2D eigenvalue weighted by atomic mass is 32.2. The van der Waals surface area contributed by atoms with Gasteiger partial charge in [0, 0.05) is 36.1 Å². The number of nitrogens with one attached hydrogen (secondary N) is 1. The fourth-order valence-electron chi connectivity index (χ4n) is 4.93. The topological polar surface area (TPSA) is 69.7 Å². The number of rotatable bonds is 5. The van der Waals surface area contributed by atoms with Crippen molar-refractivity contribution in [2.45, 2.75) is 43.5 Å². The SMILES string of the molecule is C[C@H]1Cc2ccccc2N1S(=O)(=O)c1cccc(C(=O)Nc2ccc(N3CCCCC3)cc2)c1. The number of piperidine rings is 1. The molecular formula is C27H29N3O3S. The van der Waals surface area contributed by atoms with E-state index in [4.69, 9.17) is 0 Å². The lowest BCUT2D eigenvalue weighted by Crippen LogP contribution is -2.35. The maximum Gasteiger partial charge on any atom is 0.264 e. The Bertz CT molecular complexity index is 1300. The molecule has 2 heterocycles. The zero-order chi connectivity index (χ0) is 23.7. The largest absolute Gasteiger partial charge is 0.372 e. The molecule has 7 heteroatoms. The van der Waals surface area contributed by atoms with Crippen molar-refractivity contribution in [2.24, 2.45) is 0 Å². The fraction of sp³-hybridized carbons (Fsp3) is 0.296. The molecule has 5 rings (SSSR count). The quantitative estimate of drug-likeness (QED) is 0.559. The minimum Gasteiger partial charge on any atom is -0.372 e. The molecule has 2 aliphatic rings. The molecule has 3 aromatic carbocycles. The molecule has 0 aromatic heterocycles. The van der Waals surface area contributed by atoms with Crippen LogP contribution < -0.4 is 14.5 Å². The standard InChI is InChI=1S/C27H29N3O3S/c1-20-18-21-8-3-4-11-26(21)30(20)34(32,33)25-10-7-9-22(19-25)27(31)28-23-12-14-24(15-13-23)29-16-5-2-6-17-29/h3-4,7-15,19-20H,2,5-6,16-18H2,1H3,(H,28,31)/t20-/m0/s1. The van der Waals surface area contributed by atoms with E-state index >= 15 is 0 Å². The van der Waals surface area contributed by atoms with E-state index in [1.807, 2.05) is 55.5 Å². The van der Waals surface area contributed by atoms with Crippen LogP contribution in [-0.2, 0) is 16.4 Å². The van der Waals surface area contributed by atoms with Crippen LogP contribution >= 0.6 is 0 Å². The summed E-state index contributed by atoms with van der Waals surface area (Å²) in [5.74, 6) is -0.336. The van der Waals surface area contributed by atoms with Crippen LogP contribution in [0.3, 0.4) is 0 Å². The van der Waals surface area contributed by atoms with E-state index < -0.39 is 10.0 Å². The van der Waals surface area contributed by atoms with Gasteiger partial charge in [-0.15, -0.1) is 0 Å². The lowest BCUT2D eigenvalue weighted by Gasteiger charge is -2.28. The minimum absolute atomic E-state index is 0.115. The normalized spacial score (nSPS) is 18.0. The lowest BCUT2D eigenvalue weighted by molar-refractivity contribution is 0.102. The van der Waals surface area contributed by atoms with Gasteiger partial charge in [-0.2, -0.15) is 0 Å². The molecule has 2 aliphatic heterocycles. The van der Waals surface area contributed by atoms with E-state index in [0.29, 0.717) is 23.4 Å². The fourth-order valence-corrected chi connectivity index (χ4v) is 6.66. The van der Waals surface area contributed by atoms with Crippen LogP contribution in [0.4, 0.5) is 17.1 Å². The number of amides is 1. The van der Waals surface area contributed by atoms with Gasteiger partial charge in [0.25, 0.3) is 15.9 Å². The van der Waals surface area contributed by atoms with Crippen molar-refractivity contribution in [3.63, 3.8) is 0 Å². The van der Waals surface area contributed by atoms with Crippen molar-refractivity contribution in [1.82, 2.24) is 0 Å². The van der Waals surface area contributed by atoms with Crippen LogP contribution in [0, 0.1) is 0 Å². The van der Waals surface area contributed by atoms with Crippen molar-refractivity contribution >= 4 is 33.0 Å². The first-order valence-electron chi connectivity index (χ1n) is 11.8. The molecule has 34 heavy (non-hydrogen) atoms. The molecule has 0 bridgehead atoms. The van der Waals surface area contributed by atoms with E-state index in [1.165, 1.54) is 29.6 Å². The second-order valence-electron chi connectivity index (χ2n) is 9.06. The molecule has 1 saturated heterocycles. The summed E-state index contributed by atoms with van der Waals surface area (Å²) in [7, 11) is -3.80. The zero-order valence-corrected chi connectivity index (χ0v) is 20.1.